The molecule has 1 saturated carbocycles. The fourth-order valence-corrected chi connectivity index (χ4v) is 2.65. The van der Waals surface area contributed by atoms with Crippen LogP contribution in [0.4, 0.5) is 19.3 Å². The molecule has 1 fully saturated rings. The first-order valence-corrected chi connectivity index (χ1v) is 8.48. The van der Waals surface area contributed by atoms with E-state index in [4.69, 9.17) is 16.3 Å². The molecule has 0 N–H and O–H groups in total. The monoisotopic (exact) mass is 384 g/mol. The Hall–Kier alpha value is -2.22. The fraction of sp³-hybridized carbons (Fsp3) is 0.471. The molecule has 140 valence electrons. The van der Waals surface area contributed by atoms with E-state index in [-0.39, 0.29) is 23.8 Å². The summed E-state index contributed by atoms with van der Waals surface area (Å²) in [5, 5.41) is 4.17. The van der Waals surface area contributed by atoms with Crippen LogP contribution >= 0.6 is 11.6 Å². The zero-order valence-corrected chi connectivity index (χ0v) is 15.4. The molecule has 6 nitrogen and oxygen atoms in total. The Morgan fingerprint density at radius 1 is 1.50 bits per heavy atom. The first kappa shape index (κ1) is 18.6. The van der Waals surface area contributed by atoms with E-state index < -0.39 is 23.5 Å². The van der Waals surface area contributed by atoms with Crippen molar-refractivity contribution in [2.24, 2.45) is 5.92 Å². The molecule has 1 aliphatic rings. The predicted octanol–water partition coefficient (Wildman–Crippen LogP) is 4.32. The van der Waals surface area contributed by atoms with Gasteiger partial charge in [-0.1, -0.05) is 11.6 Å². The van der Waals surface area contributed by atoms with Crippen LogP contribution in [0.5, 0.6) is 0 Å². The van der Waals surface area contributed by atoms with Crippen LogP contribution < -0.4 is 4.90 Å². The molecule has 1 atom stereocenters. The lowest BCUT2D eigenvalue weighted by atomic mass is 10.2. The highest BCUT2D eigenvalue weighted by atomic mass is 35.5. The number of hydrogen-bond acceptors (Lipinski definition) is 4. The van der Waals surface area contributed by atoms with E-state index in [1.165, 1.54) is 10.9 Å². The first-order valence-electron chi connectivity index (χ1n) is 8.11. The standard InChI is InChI=1S/C17H19ClF2N4O2/c1-16(2,3)26-15(25)23(9-11-7-17(11,19)20)13-10-24(22-14(13)18)12-5-4-6-21-8-12/h4-6,8,10-11H,7,9H2,1-3H3. The van der Waals surface area contributed by atoms with Gasteiger partial charge in [-0.25, -0.2) is 18.3 Å². The van der Waals surface area contributed by atoms with Crippen molar-refractivity contribution in [2.75, 3.05) is 11.4 Å². The molecule has 0 aromatic carbocycles. The van der Waals surface area contributed by atoms with Crippen molar-refractivity contribution in [3.8, 4) is 5.69 Å². The number of nitrogens with zero attached hydrogens (tertiary/aromatic N) is 4. The van der Waals surface area contributed by atoms with Crippen molar-refractivity contribution in [1.82, 2.24) is 14.8 Å². The van der Waals surface area contributed by atoms with Gasteiger partial charge in [-0.15, -0.1) is 0 Å². The van der Waals surface area contributed by atoms with Gasteiger partial charge in [-0.3, -0.25) is 9.88 Å². The number of hydrogen-bond donors (Lipinski definition) is 0. The van der Waals surface area contributed by atoms with E-state index in [9.17, 15) is 13.6 Å². The Morgan fingerprint density at radius 2 is 2.19 bits per heavy atom. The van der Waals surface area contributed by atoms with Crippen LogP contribution in [0.2, 0.25) is 5.15 Å². The molecular weight excluding hydrogens is 366 g/mol. The van der Waals surface area contributed by atoms with Crippen LogP contribution in [0.1, 0.15) is 27.2 Å². The summed E-state index contributed by atoms with van der Waals surface area (Å²) in [4.78, 5) is 17.7. The van der Waals surface area contributed by atoms with Gasteiger partial charge in [0.1, 0.15) is 11.3 Å². The van der Waals surface area contributed by atoms with Gasteiger partial charge >= 0.3 is 6.09 Å². The lowest BCUT2D eigenvalue weighted by Crippen LogP contribution is -2.38. The fourth-order valence-electron chi connectivity index (χ4n) is 2.42. The Kier molecular flexibility index (Phi) is 4.64. The summed E-state index contributed by atoms with van der Waals surface area (Å²) in [6.45, 7) is 4.92. The van der Waals surface area contributed by atoms with E-state index in [0.717, 1.165) is 4.90 Å². The van der Waals surface area contributed by atoms with Gasteiger partial charge in [-0.2, -0.15) is 5.10 Å². The summed E-state index contributed by atoms with van der Waals surface area (Å²) in [6, 6.07) is 3.48. The van der Waals surface area contributed by atoms with Crippen LogP contribution in [0.3, 0.4) is 0 Å². The maximum absolute atomic E-state index is 13.4. The van der Waals surface area contributed by atoms with Crippen LogP contribution in [0.25, 0.3) is 5.69 Å². The smallest absolute Gasteiger partial charge is 0.414 e. The largest absolute Gasteiger partial charge is 0.443 e. The van der Waals surface area contributed by atoms with Gasteiger partial charge < -0.3 is 4.74 Å². The third kappa shape index (κ3) is 4.12. The quantitative estimate of drug-likeness (QED) is 0.787. The Morgan fingerprint density at radius 3 is 2.73 bits per heavy atom. The van der Waals surface area contributed by atoms with Gasteiger partial charge in [0, 0.05) is 25.1 Å². The Balaban J connectivity index is 1.91. The molecule has 0 aliphatic heterocycles. The van der Waals surface area contributed by atoms with Crippen LogP contribution in [0, 0.1) is 5.92 Å². The SMILES string of the molecule is CC(C)(C)OC(=O)N(CC1CC1(F)F)c1cn(-c2cccnc2)nc1Cl. The number of pyridine rings is 1. The molecule has 1 amide bonds. The summed E-state index contributed by atoms with van der Waals surface area (Å²) in [7, 11) is 0. The zero-order valence-electron chi connectivity index (χ0n) is 14.6. The minimum Gasteiger partial charge on any atom is -0.443 e. The highest BCUT2D eigenvalue weighted by Gasteiger charge is 2.58. The third-order valence-corrected chi connectivity index (χ3v) is 4.09. The second kappa shape index (κ2) is 6.50. The first-order chi connectivity index (χ1) is 12.1. The van der Waals surface area contributed by atoms with Gasteiger partial charge in [0.2, 0.25) is 0 Å². The van der Waals surface area contributed by atoms with Crippen molar-refractivity contribution in [3.05, 3.63) is 35.9 Å². The molecule has 1 aliphatic carbocycles. The van der Waals surface area contributed by atoms with Gasteiger partial charge in [-0.05, 0) is 32.9 Å². The molecule has 9 heteroatoms. The summed E-state index contributed by atoms with van der Waals surface area (Å²) < 4.78 is 33.6. The van der Waals surface area contributed by atoms with E-state index in [0.29, 0.717) is 5.69 Å². The number of alkyl halides is 2. The number of aromatic nitrogens is 3. The highest BCUT2D eigenvalue weighted by molar-refractivity contribution is 6.32. The van der Waals surface area contributed by atoms with Crippen molar-refractivity contribution in [2.45, 2.75) is 38.7 Å². The Labute approximate surface area is 154 Å². The molecule has 2 heterocycles. The summed E-state index contributed by atoms with van der Waals surface area (Å²) in [5.41, 5.74) is 0.0711. The van der Waals surface area contributed by atoms with E-state index in [1.54, 1.807) is 45.3 Å². The summed E-state index contributed by atoms with van der Waals surface area (Å²) in [6.07, 6.45) is 3.68. The normalized spacial score (nSPS) is 18.5. The number of carbonyl (C=O) groups is 1. The molecule has 2 aromatic rings. The van der Waals surface area contributed by atoms with E-state index in [2.05, 4.69) is 10.1 Å². The highest BCUT2D eigenvalue weighted by Crippen LogP contribution is 2.49. The summed E-state index contributed by atoms with van der Waals surface area (Å²) >= 11 is 6.19. The second-order valence-electron chi connectivity index (χ2n) is 7.21. The van der Waals surface area contributed by atoms with E-state index in [1.807, 2.05) is 0 Å². The lowest BCUT2D eigenvalue weighted by Gasteiger charge is -2.26. The molecule has 1 unspecified atom stereocenters. The molecular formula is C17H19ClF2N4O2. The van der Waals surface area contributed by atoms with Gasteiger partial charge in [0.05, 0.1) is 18.1 Å². The molecule has 26 heavy (non-hydrogen) atoms. The number of halogens is 3. The van der Waals surface area contributed by atoms with Gasteiger partial charge in [0.25, 0.3) is 5.92 Å². The van der Waals surface area contributed by atoms with Crippen LogP contribution in [0.15, 0.2) is 30.7 Å². The Bertz CT molecular complexity index is 805. The van der Waals surface area contributed by atoms with Crippen molar-refractivity contribution >= 4 is 23.4 Å². The van der Waals surface area contributed by atoms with Crippen molar-refractivity contribution in [1.29, 1.82) is 0 Å². The van der Waals surface area contributed by atoms with Crippen molar-refractivity contribution < 1.29 is 18.3 Å². The number of ether oxygens (including phenoxy) is 1. The van der Waals surface area contributed by atoms with Crippen LogP contribution in [-0.2, 0) is 4.74 Å². The average molecular weight is 385 g/mol. The maximum Gasteiger partial charge on any atom is 0.414 e. The van der Waals surface area contributed by atoms with Crippen molar-refractivity contribution in [3.63, 3.8) is 0 Å². The molecule has 0 bridgehead atoms. The average Bonchev–Trinajstić information content (AvgIpc) is 2.96. The zero-order chi connectivity index (χ0) is 19.1. The molecule has 0 radical (unpaired) electrons. The molecule has 3 rings (SSSR count). The van der Waals surface area contributed by atoms with Crippen LogP contribution in [-0.4, -0.2) is 38.9 Å². The third-order valence-electron chi connectivity index (χ3n) is 3.83. The molecule has 2 aromatic heterocycles. The number of amides is 1. The molecule has 0 spiro atoms. The molecule has 0 saturated heterocycles. The minimum atomic E-state index is -2.77. The number of carbonyl (C=O) groups excluding carboxylic acids is 1. The second-order valence-corrected chi connectivity index (χ2v) is 7.57. The maximum atomic E-state index is 13.4. The van der Waals surface area contributed by atoms with E-state index >= 15 is 0 Å². The lowest BCUT2D eigenvalue weighted by molar-refractivity contribution is 0.0567. The topological polar surface area (TPSA) is 60.2 Å². The summed E-state index contributed by atoms with van der Waals surface area (Å²) in [5.74, 6) is -3.70. The number of rotatable bonds is 4. The number of anilines is 1. The predicted molar refractivity (Wildman–Crippen MR) is 93.0 cm³/mol. The van der Waals surface area contributed by atoms with Gasteiger partial charge in [0.15, 0.2) is 5.15 Å². The minimum absolute atomic E-state index is 0.0173.